The molecular weight excluding hydrogens is 270 g/mol. The van der Waals surface area contributed by atoms with Gasteiger partial charge in [-0.1, -0.05) is 12.5 Å². The molecule has 0 radical (unpaired) electrons. The molecule has 0 bridgehead atoms. The maximum Gasteiger partial charge on any atom is 0.325 e. The van der Waals surface area contributed by atoms with Crippen LogP contribution >= 0.6 is 0 Å². The van der Waals surface area contributed by atoms with Crippen molar-refractivity contribution in [2.75, 3.05) is 26.3 Å². The van der Waals surface area contributed by atoms with Crippen LogP contribution in [0.3, 0.4) is 0 Å². The molecule has 3 rings (SSSR count). The first-order valence-corrected chi connectivity index (χ1v) is 7.62. The number of likely N-dealkylation sites (tertiary alicyclic amines) is 1. The minimum absolute atomic E-state index is 0.595. The van der Waals surface area contributed by atoms with Crippen LogP contribution in [-0.4, -0.2) is 42.3 Å². The van der Waals surface area contributed by atoms with E-state index < -0.39 is 12.0 Å². The molecule has 1 fully saturated rings. The molecule has 0 amide bonds. The monoisotopic (exact) mass is 291 g/mol. The standard InChI is InChI=1S/C16H21NO4/c18-16(19)15(17-7-2-1-3-8-17)12-5-6-13-14(11-12)21-10-4-9-20-13/h5-6,11,15H,1-4,7-10H2,(H,18,19). The Morgan fingerprint density at radius 1 is 1.05 bits per heavy atom. The van der Waals surface area contributed by atoms with Crippen LogP contribution in [0.15, 0.2) is 18.2 Å². The molecule has 21 heavy (non-hydrogen) atoms. The molecule has 0 spiro atoms. The van der Waals surface area contributed by atoms with E-state index >= 15 is 0 Å². The van der Waals surface area contributed by atoms with Crippen LogP contribution in [0, 0.1) is 0 Å². The molecule has 1 atom stereocenters. The van der Waals surface area contributed by atoms with Gasteiger partial charge in [-0.25, -0.2) is 0 Å². The Morgan fingerprint density at radius 2 is 1.76 bits per heavy atom. The number of benzene rings is 1. The Morgan fingerprint density at radius 3 is 2.48 bits per heavy atom. The lowest BCUT2D eigenvalue weighted by molar-refractivity contribution is -0.144. The van der Waals surface area contributed by atoms with Crippen LogP contribution in [0.4, 0.5) is 0 Å². The lowest BCUT2D eigenvalue weighted by Crippen LogP contribution is -2.37. The second kappa shape index (κ2) is 6.35. The van der Waals surface area contributed by atoms with Gasteiger partial charge in [-0.15, -0.1) is 0 Å². The number of fused-ring (bicyclic) bond motifs is 1. The number of nitrogens with zero attached hydrogens (tertiary/aromatic N) is 1. The Hall–Kier alpha value is -1.75. The van der Waals surface area contributed by atoms with E-state index in [4.69, 9.17) is 9.47 Å². The van der Waals surface area contributed by atoms with E-state index in [1.54, 1.807) is 0 Å². The van der Waals surface area contributed by atoms with Crippen LogP contribution in [0.1, 0.15) is 37.3 Å². The number of hydrogen-bond donors (Lipinski definition) is 1. The number of hydrogen-bond acceptors (Lipinski definition) is 4. The van der Waals surface area contributed by atoms with Crippen molar-refractivity contribution >= 4 is 5.97 Å². The van der Waals surface area contributed by atoms with Gasteiger partial charge in [0.15, 0.2) is 11.5 Å². The molecule has 114 valence electrons. The number of ether oxygens (including phenoxy) is 2. The molecule has 5 nitrogen and oxygen atoms in total. The van der Waals surface area contributed by atoms with E-state index in [1.807, 2.05) is 23.1 Å². The van der Waals surface area contributed by atoms with Gasteiger partial charge in [0.25, 0.3) is 0 Å². The highest BCUT2D eigenvalue weighted by Crippen LogP contribution is 2.34. The number of carbonyl (C=O) groups is 1. The second-order valence-electron chi connectivity index (χ2n) is 5.59. The summed E-state index contributed by atoms with van der Waals surface area (Å²) in [7, 11) is 0. The van der Waals surface area contributed by atoms with Gasteiger partial charge >= 0.3 is 5.97 Å². The predicted molar refractivity (Wildman–Crippen MR) is 77.8 cm³/mol. The first-order chi connectivity index (χ1) is 10.3. The third-order valence-electron chi connectivity index (χ3n) is 4.08. The van der Waals surface area contributed by atoms with Crippen LogP contribution in [0.5, 0.6) is 11.5 Å². The molecule has 5 heteroatoms. The highest BCUT2D eigenvalue weighted by Gasteiger charge is 2.29. The summed E-state index contributed by atoms with van der Waals surface area (Å²) in [5.41, 5.74) is 0.772. The minimum atomic E-state index is -0.800. The summed E-state index contributed by atoms with van der Waals surface area (Å²) in [6.07, 6.45) is 4.16. The summed E-state index contributed by atoms with van der Waals surface area (Å²) in [5, 5.41) is 9.62. The first kappa shape index (κ1) is 14.2. The van der Waals surface area contributed by atoms with E-state index in [1.165, 1.54) is 6.42 Å². The lowest BCUT2D eigenvalue weighted by Gasteiger charge is -2.32. The molecule has 1 aromatic rings. The SMILES string of the molecule is O=C(O)C(c1ccc2c(c1)OCCCO2)N1CCCCC1. The van der Waals surface area contributed by atoms with Crippen molar-refractivity contribution in [2.24, 2.45) is 0 Å². The second-order valence-corrected chi connectivity index (χ2v) is 5.59. The number of carboxylic acids is 1. The molecule has 1 unspecified atom stereocenters. The summed E-state index contributed by atoms with van der Waals surface area (Å²) in [5.74, 6) is 0.568. The van der Waals surface area contributed by atoms with Gasteiger partial charge < -0.3 is 14.6 Å². The average molecular weight is 291 g/mol. The van der Waals surface area contributed by atoms with Crippen molar-refractivity contribution in [3.63, 3.8) is 0 Å². The Balaban J connectivity index is 1.88. The van der Waals surface area contributed by atoms with Gasteiger partial charge in [-0.05, 0) is 43.6 Å². The van der Waals surface area contributed by atoms with E-state index in [0.717, 1.165) is 37.9 Å². The van der Waals surface area contributed by atoms with Gasteiger partial charge in [0, 0.05) is 6.42 Å². The molecule has 2 aliphatic rings. The highest BCUT2D eigenvalue weighted by atomic mass is 16.5. The molecule has 1 aromatic carbocycles. The van der Waals surface area contributed by atoms with E-state index in [-0.39, 0.29) is 0 Å². The van der Waals surface area contributed by atoms with Crippen LogP contribution in [-0.2, 0) is 4.79 Å². The fourth-order valence-electron chi connectivity index (χ4n) is 3.04. The molecule has 2 heterocycles. The fraction of sp³-hybridized carbons (Fsp3) is 0.562. The Bertz CT molecular complexity index is 511. The van der Waals surface area contributed by atoms with Crippen molar-refractivity contribution in [1.29, 1.82) is 0 Å². The predicted octanol–water partition coefficient (Wildman–Crippen LogP) is 2.46. The number of piperidine rings is 1. The molecule has 1 saturated heterocycles. The zero-order valence-electron chi connectivity index (χ0n) is 12.1. The highest BCUT2D eigenvalue weighted by molar-refractivity contribution is 5.76. The van der Waals surface area contributed by atoms with Crippen molar-refractivity contribution < 1.29 is 19.4 Å². The maximum absolute atomic E-state index is 11.7. The van der Waals surface area contributed by atoms with Gasteiger partial charge in [0.1, 0.15) is 6.04 Å². The van der Waals surface area contributed by atoms with Gasteiger partial charge in [0.05, 0.1) is 13.2 Å². The van der Waals surface area contributed by atoms with Gasteiger partial charge in [-0.3, -0.25) is 9.69 Å². The number of aliphatic carboxylic acids is 1. The topological polar surface area (TPSA) is 59.0 Å². The van der Waals surface area contributed by atoms with Crippen molar-refractivity contribution in [3.05, 3.63) is 23.8 Å². The molecular formula is C16H21NO4. The fourth-order valence-corrected chi connectivity index (χ4v) is 3.04. The van der Waals surface area contributed by atoms with Crippen molar-refractivity contribution in [2.45, 2.75) is 31.7 Å². The smallest absolute Gasteiger partial charge is 0.325 e. The minimum Gasteiger partial charge on any atom is -0.490 e. The molecule has 2 aliphatic heterocycles. The van der Waals surface area contributed by atoms with E-state index in [0.29, 0.717) is 24.7 Å². The zero-order valence-corrected chi connectivity index (χ0v) is 12.1. The maximum atomic E-state index is 11.7. The first-order valence-electron chi connectivity index (χ1n) is 7.62. The summed E-state index contributed by atoms with van der Waals surface area (Å²) in [4.78, 5) is 13.8. The van der Waals surface area contributed by atoms with Gasteiger partial charge in [0.2, 0.25) is 0 Å². The molecule has 1 N–H and O–H groups in total. The quantitative estimate of drug-likeness (QED) is 0.927. The number of carboxylic acid groups (broad SMARTS) is 1. The van der Waals surface area contributed by atoms with E-state index in [2.05, 4.69) is 0 Å². The third kappa shape index (κ3) is 3.13. The summed E-state index contributed by atoms with van der Waals surface area (Å²) >= 11 is 0. The van der Waals surface area contributed by atoms with Gasteiger partial charge in [-0.2, -0.15) is 0 Å². The van der Waals surface area contributed by atoms with Crippen molar-refractivity contribution in [1.82, 2.24) is 4.90 Å². The third-order valence-corrected chi connectivity index (χ3v) is 4.08. The molecule has 0 saturated carbocycles. The van der Waals surface area contributed by atoms with Crippen LogP contribution < -0.4 is 9.47 Å². The largest absolute Gasteiger partial charge is 0.490 e. The molecule has 0 aliphatic carbocycles. The van der Waals surface area contributed by atoms with E-state index in [9.17, 15) is 9.90 Å². The summed E-state index contributed by atoms with van der Waals surface area (Å²) < 4.78 is 11.3. The lowest BCUT2D eigenvalue weighted by atomic mass is 10.0. The van der Waals surface area contributed by atoms with Crippen LogP contribution in [0.25, 0.3) is 0 Å². The van der Waals surface area contributed by atoms with Crippen molar-refractivity contribution in [3.8, 4) is 11.5 Å². The normalized spacial score (nSPS) is 20.6. The summed E-state index contributed by atoms with van der Waals surface area (Å²) in [6.45, 7) is 2.93. The zero-order chi connectivity index (χ0) is 14.7. The number of rotatable bonds is 3. The summed E-state index contributed by atoms with van der Waals surface area (Å²) in [6, 6.07) is 4.91. The average Bonchev–Trinajstić information content (AvgIpc) is 2.73. The Kier molecular flexibility index (Phi) is 4.29. The van der Waals surface area contributed by atoms with Crippen LogP contribution in [0.2, 0.25) is 0 Å². The molecule has 0 aromatic heterocycles. The Labute approximate surface area is 124 Å².